The molecule has 0 aromatic heterocycles. The highest BCUT2D eigenvalue weighted by atomic mass is 13.9. The van der Waals surface area contributed by atoms with Crippen molar-refractivity contribution in [1.29, 1.82) is 0 Å². The molecule has 0 aliphatic rings. The summed E-state index contributed by atoms with van der Waals surface area (Å²) in [6.07, 6.45) is 2.81. The fraction of sp³-hybridized carbons (Fsp3) is 1.00. The van der Waals surface area contributed by atoms with Crippen molar-refractivity contribution in [1.82, 2.24) is 0 Å². The molecular weight excluding hydrogens is 81.7 g/mol. The van der Waals surface area contributed by atoms with Crippen LogP contribution in [0.5, 0.6) is 0 Å². The quantitative estimate of drug-likeness (QED) is 0.460. The van der Waals surface area contributed by atoms with E-state index in [-0.39, 0.29) is 5.82 Å². The maximum atomic E-state index is 5.46. The molecule has 0 fully saturated rings. The van der Waals surface area contributed by atoms with Gasteiger partial charge >= 0.3 is 0 Å². The van der Waals surface area contributed by atoms with Gasteiger partial charge in [0.25, 0.3) is 0 Å². The van der Waals surface area contributed by atoms with Gasteiger partial charge in [-0.1, -0.05) is 31.9 Å². The van der Waals surface area contributed by atoms with E-state index in [0.29, 0.717) is 6.32 Å². The van der Waals surface area contributed by atoms with Crippen molar-refractivity contribution >= 4 is 15.7 Å². The van der Waals surface area contributed by atoms with E-state index in [1.54, 1.807) is 0 Å². The molecule has 4 radical (unpaired) electrons. The Kier molecular flexibility index (Phi) is 4.37. The fourth-order valence-corrected chi connectivity index (χ4v) is 0.489. The van der Waals surface area contributed by atoms with Gasteiger partial charge in [0.2, 0.25) is 0 Å². The Hall–Kier alpha value is 0.130. The van der Waals surface area contributed by atoms with Crippen molar-refractivity contribution in [3.8, 4) is 0 Å². The van der Waals surface area contributed by atoms with Gasteiger partial charge in [-0.15, -0.1) is 0 Å². The average Bonchev–Trinajstić information content (AvgIpc) is 1.68. The van der Waals surface area contributed by atoms with Crippen molar-refractivity contribution in [3.05, 3.63) is 0 Å². The van der Waals surface area contributed by atoms with Crippen molar-refractivity contribution in [3.63, 3.8) is 0 Å². The molecule has 1 unspecified atom stereocenters. The highest BCUT2D eigenvalue weighted by molar-refractivity contribution is 6.18. The van der Waals surface area contributed by atoms with Gasteiger partial charge in [0.1, 0.15) is 0 Å². The zero-order valence-electron chi connectivity index (χ0n) is 4.85. The lowest BCUT2D eigenvalue weighted by atomic mass is 9.74. The SMILES string of the molecule is [B]CC([B])CCC. The molecule has 0 aromatic carbocycles. The second kappa shape index (κ2) is 4.29. The Morgan fingerprint density at radius 3 is 2.29 bits per heavy atom. The Bertz CT molecular complexity index is 37.1. The first-order chi connectivity index (χ1) is 3.31. The van der Waals surface area contributed by atoms with E-state index in [0.717, 1.165) is 12.8 Å². The van der Waals surface area contributed by atoms with Gasteiger partial charge in [-0.2, -0.15) is 0 Å². The van der Waals surface area contributed by atoms with Gasteiger partial charge in [-0.3, -0.25) is 0 Å². The first-order valence-corrected chi connectivity index (χ1v) is 2.77. The van der Waals surface area contributed by atoms with Crippen molar-refractivity contribution in [2.75, 3.05) is 0 Å². The molecule has 0 spiro atoms. The van der Waals surface area contributed by atoms with Crippen LogP contribution in [0, 0.1) is 0 Å². The lowest BCUT2D eigenvalue weighted by molar-refractivity contribution is 0.768. The molecule has 7 heavy (non-hydrogen) atoms. The van der Waals surface area contributed by atoms with Crippen LogP contribution >= 0.6 is 0 Å². The van der Waals surface area contributed by atoms with Crippen LogP contribution in [-0.2, 0) is 0 Å². The first-order valence-electron chi connectivity index (χ1n) is 2.77. The molecule has 0 rings (SSSR count). The number of rotatable bonds is 3. The minimum Gasteiger partial charge on any atom is -0.0935 e. The number of hydrogen-bond acceptors (Lipinski definition) is 0. The maximum absolute atomic E-state index is 5.46. The minimum atomic E-state index is 0.227. The maximum Gasteiger partial charge on any atom is 0.0689 e. The zero-order chi connectivity index (χ0) is 5.70. The second-order valence-electron chi connectivity index (χ2n) is 1.78. The molecule has 0 saturated heterocycles. The Balaban J connectivity index is 2.83. The lowest BCUT2D eigenvalue weighted by Gasteiger charge is -2.03. The van der Waals surface area contributed by atoms with Crippen LogP contribution in [0.3, 0.4) is 0 Å². The summed E-state index contributed by atoms with van der Waals surface area (Å²) in [5, 5.41) is 0. The molecule has 0 heterocycles. The third-order valence-electron chi connectivity index (χ3n) is 0.962. The van der Waals surface area contributed by atoms with Crippen molar-refractivity contribution in [2.24, 2.45) is 0 Å². The highest BCUT2D eigenvalue weighted by Crippen LogP contribution is 2.10. The van der Waals surface area contributed by atoms with Gasteiger partial charge in [0.15, 0.2) is 0 Å². The van der Waals surface area contributed by atoms with Gasteiger partial charge in [-0.05, 0) is 0 Å². The van der Waals surface area contributed by atoms with Gasteiger partial charge in [0, 0.05) is 0 Å². The minimum absolute atomic E-state index is 0.227. The van der Waals surface area contributed by atoms with Crippen LogP contribution < -0.4 is 0 Å². The van der Waals surface area contributed by atoms with E-state index in [9.17, 15) is 0 Å². The highest BCUT2D eigenvalue weighted by Gasteiger charge is 1.92. The molecule has 0 nitrogen and oxygen atoms in total. The summed E-state index contributed by atoms with van der Waals surface area (Å²) >= 11 is 0. The second-order valence-corrected chi connectivity index (χ2v) is 1.78. The van der Waals surface area contributed by atoms with Crippen LogP contribution in [0.25, 0.3) is 0 Å². The average molecular weight is 91.8 g/mol. The van der Waals surface area contributed by atoms with E-state index in [4.69, 9.17) is 15.7 Å². The molecule has 2 heteroatoms. The lowest BCUT2D eigenvalue weighted by Crippen LogP contribution is -1.88. The third kappa shape index (κ3) is 3.97. The van der Waals surface area contributed by atoms with E-state index in [1.807, 2.05) is 0 Å². The standard InChI is InChI=1S/C5H10B2/c1-2-3-5(7)4-6/h5H,2-4H2,1H3. The van der Waals surface area contributed by atoms with Crippen LogP contribution in [0.1, 0.15) is 19.8 Å². The largest absolute Gasteiger partial charge is 0.0935 e. The predicted octanol–water partition coefficient (Wildman–Crippen LogP) is 1.33. The van der Waals surface area contributed by atoms with Crippen LogP contribution in [0.4, 0.5) is 0 Å². The van der Waals surface area contributed by atoms with Gasteiger partial charge in [0.05, 0.1) is 15.7 Å². The molecule has 0 aromatic rings. The van der Waals surface area contributed by atoms with Crippen LogP contribution in [0.2, 0.25) is 12.1 Å². The summed E-state index contributed by atoms with van der Waals surface area (Å²) in [5.41, 5.74) is 0. The van der Waals surface area contributed by atoms with E-state index in [2.05, 4.69) is 6.92 Å². The molecule has 0 aliphatic heterocycles. The zero-order valence-corrected chi connectivity index (χ0v) is 4.85. The summed E-state index contributed by atoms with van der Waals surface area (Å²) in [6, 6.07) is 0. The van der Waals surface area contributed by atoms with Gasteiger partial charge < -0.3 is 0 Å². The van der Waals surface area contributed by atoms with Crippen LogP contribution in [-0.4, -0.2) is 15.7 Å². The first kappa shape index (κ1) is 7.13. The van der Waals surface area contributed by atoms with Gasteiger partial charge in [-0.25, -0.2) is 0 Å². The van der Waals surface area contributed by atoms with E-state index < -0.39 is 0 Å². The molecule has 0 saturated carbocycles. The molecule has 0 aliphatic carbocycles. The van der Waals surface area contributed by atoms with Crippen LogP contribution in [0.15, 0.2) is 0 Å². The third-order valence-corrected chi connectivity index (χ3v) is 0.962. The molecule has 36 valence electrons. The summed E-state index contributed by atoms with van der Waals surface area (Å²) in [4.78, 5) is 0. The molecular formula is C5H10B2. The summed E-state index contributed by atoms with van der Waals surface area (Å²) in [6.45, 7) is 2.11. The molecule has 0 amide bonds. The van der Waals surface area contributed by atoms with E-state index in [1.165, 1.54) is 0 Å². The van der Waals surface area contributed by atoms with E-state index >= 15 is 0 Å². The Morgan fingerprint density at radius 2 is 2.14 bits per heavy atom. The molecule has 0 bridgehead atoms. The van der Waals surface area contributed by atoms with Crippen molar-refractivity contribution in [2.45, 2.75) is 31.9 Å². The number of hydrogen-bond donors (Lipinski definition) is 0. The summed E-state index contributed by atoms with van der Waals surface area (Å²) in [5.74, 6) is 0.227. The fourth-order valence-electron chi connectivity index (χ4n) is 0.489. The molecule has 1 atom stereocenters. The summed E-state index contributed by atoms with van der Waals surface area (Å²) < 4.78 is 0. The molecule has 0 N–H and O–H groups in total. The predicted molar refractivity (Wildman–Crippen MR) is 35.0 cm³/mol. The van der Waals surface area contributed by atoms with Crippen molar-refractivity contribution < 1.29 is 0 Å². The summed E-state index contributed by atoms with van der Waals surface area (Å²) in [7, 11) is 10.7. The topological polar surface area (TPSA) is 0 Å². The monoisotopic (exact) mass is 92.1 g/mol. The Morgan fingerprint density at radius 1 is 1.57 bits per heavy atom. The Labute approximate surface area is 48.5 Å². The normalized spacial score (nSPS) is 13.9. The smallest absolute Gasteiger partial charge is 0.0689 e.